The summed E-state index contributed by atoms with van der Waals surface area (Å²) in [7, 11) is 1.28. The molecule has 4 nitrogen and oxygen atoms in total. The fraction of sp³-hybridized carbons (Fsp3) is 0.750. The van der Waals surface area contributed by atoms with Crippen LogP contribution in [0.25, 0.3) is 0 Å². The van der Waals surface area contributed by atoms with E-state index < -0.39 is 11.9 Å². The van der Waals surface area contributed by atoms with Crippen molar-refractivity contribution in [2.75, 3.05) is 7.11 Å². The van der Waals surface area contributed by atoms with Gasteiger partial charge in [0.1, 0.15) is 17.5 Å². The Hall–Kier alpha value is -1.19. The van der Waals surface area contributed by atoms with Crippen molar-refractivity contribution < 1.29 is 19.1 Å². The molecule has 0 aliphatic heterocycles. The second kappa shape index (κ2) is 5.23. The molecule has 0 aromatic carbocycles. The Balaban J connectivity index is 2.83. The van der Waals surface area contributed by atoms with Gasteiger partial charge in [-0.05, 0) is 12.3 Å². The van der Waals surface area contributed by atoms with E-state index in [0.717, 1.165) is 0 Å². The third kappa shape index (κ3) is 2.68. The van der Waals surface area contributed by atoms with Crippen LogP contribution in [0.2, 0.25) is 0 Å². The van der Waals surface area contributed by atoms with Crippen molar-refractivity contribution in [3.63, 3.8) is 0 Å². The molecule has 0 saturated heterocycles. The van der Waals surface area contributed by atoms with Crippen molar-refractivity contribution in [3.05, 3.63) is 0 Å². The van der Waals surface area contributed by atoms with Crippen molar-refractivity contribution in [1.82, 2.24) is 0 Å². The minimum Gasteiger partial charge on any atom is -0.468 e. The summed E-state index contributed by atoms with van der Waals surface area (Å²) in [6.07, 6.45) is 1.43. The highest BCUT2D eigenvalue weighted by Gasteiger charge is 2.40. The second-order valence-corrected chi connectivity index (χ2v) is 4.60. The van der Waals surface area contributed by atoms with Crippen LogP contribution in [0.15, 0.2) is 0 Å². The maximum Gasteiger partial charge on any atom is 0.316 e. The van der Waals surface area contributed by atoms with Crippen LogP contribution in [0.1, 0.15) is 33.1 Å². The van der Waals surface area contributed by atoms with Crippen molar-refractivity contribution in [2.24, 2.45) is 17.8 Å². The average molecular weight is 226 g/mol. The molecule has 1 aliphatic rings. The minimum atomic E-state index is -0.753. The molecule has 1 rings (SSSR count). The molecule has 0 amide bonds. The summed E-state index contributed by atoms with van der Waals surface area (Å²) in [5, 5.41) is 0. The topological polar surface area (TPSA) is 60.4 Å². The molecule has 0 N–H and O–H groups in total. The van der Waals surface area contributed by atoms with E-state index in [-0.39, 0.29) is 23.4 Å². The van der Waals surface area contributed by atoms with Crippen LogP contribution >= 0.6 is 0 Å². The molecule has 0 radical (unpaired) electrons. The molecule has 0 spiro atoms. The molecule has 2 atom stereocenters. The molecule has 0 heterocycles. The van der Waals surface area contributed by atoms with E-state index in [0.29, 0.717) is 19.3 Å². The predicted molar refractivity (Wildman–Crippen MR) is 57.7 cm³/mol. The fourth-order valence-corrected chi connectivity index (χ4v) is 2.15. The Morgan fingerprint density at radius 1 is 1.38 bits per heavy atom. The van der Waals surface area contributed by atoms with Gasteiger partial charge in [-0.2, -0.15) is 0 Å². The van der Waals surface area contributed by atoms with E-state index in [1.807, 2.05) is 0 Å². The second-order valence-electron chi connectivity index (χ2n) is 4.60. The zero-order valence-electron chi connectivity index (χ0n) is 9.99. The zero-order chi connectivity index (χ0) is 12.3. The lowest BCUT2D eigenvalue weighted by molar-refractivity contribution is -0.152. The van der Waals surface area contributed by atoms with Gasteiger partial charge in [-0.25, -0.2) is 0 Å². The lowest BCUT2D eigenvalue weighted by Gasteiger charge is -2.20. The van der Waals surface area contributed by atoms with Crippen LogP contribution in [0.3, 0.4) is 0 Å². The number of carbonyl (C=O) groups excluding carboxylic acids is 3. The Labute approximate surface area is 95.3 Å². The zero-order valence-corrected chi connectivity index (χ0v) is 9.99. The molecular weight excluding hydrogens is 208 g/mol. The van der Waals surface area contributed by atoms with E-state index >= 15 is 0 Å². The summed E-state index contributed by atoms with van der Waals surface area (Å²) in [4.78, 5) is 34.7. The third-order valence-electron chi connectivity index (χ3n) is 3.09. The predicted octanol–water partition coefficient (Wildman–Crippen LogP) is 1.37. The smallest absolute Gasteiger partial charge is 0.316 e. The maximum atomic E-state index is 11.9. The molecule has 0 bridgehead atoms. The van der Waals surface area contributed by atoms with Crippen LogP contribution in [0, 0.1) is 17.8 Å². The summed E-state index contributed by atoms with van der Waals surface area (Å²) in [6, 6.07) is 0. The first-order chi connectivity index (χ1) is 7.47. The van der Waals surface area contributed by atoms with Crippen LogP contribution in [-0.4, -0.2) is 24.6 Å². The van der Waals surface area contributed by atoms with Gasteiger partial charge >= 0.3 is 5.97 Å². The van der Waals surface area contributed by atoms with Gasteiger partial charge < -0.3 is 4.74 Å². The van der Waals surface area contributed by atoms with E-state index in [1.165, 1.54) is 7.11 Å². The van der Waals surface area contributed by atoms with Crippen molar-refractivity contribution in [1.29, 1.82) is 0 Å². The number of carbonyl (C=O) groups is 3. The summed E-state index contributed by atoms with van der Waals surface area (Å²) in [5.74, 6) is -1.61. The Morgan fingerprint density at radius 3 is 2.38 bits per heavy atom. The molecule has 1 unspecified atom stereocenters. The van der Waals surface area contributed by atoms with E-state index in [4.69, 9.17) is 0 Å². The average Bonchev–Trinajstić information content (AvgIpc) is 2.64. The van der Waals surface area contributed by atoms with Gasteiger partial charge in [0.2, 0.25) is 0 Å². The first-order valence-corrected chi connectivity index (χ1v) is 5.60. The van der Waals surface area contributed by atoms with Crippen LogP contribution in [0.4, 0.5) is 0 Å². The van der Waals surface area contributed by atoms with Gasteiger partial charge in [0, 0.05) is 18.8 Å². The highest BCUT2D eigenvalue weighted by molar-refractivity contribution is 6.01. The molecule has 1 aliphatic carbocycles. The number of Topliss-reactive ketones (excluding diaryl/α,β-unsaturated/α-hetero) is 2. The lowest BCUT2D eigenvalue weighted by atomic mass is 9.83. The van der Waals surface area contributed by atoms with Crippen molar-refractivity contribution in [2.45, 2.75) is 33.1 Å². The first-order valence-electron chi connectivity index (χ1n) is 5.60. The monoisotopic (exact) mass is 226 g/mol. The molecule has 1 fully saturated rings. The summed E-state index contributed by atoms with van der Waals surface area (Å²) >= 11 is 0. The molecule has 4 heteroatoms. The van der Waals surface area contributed by atoms with Gasteiger partial charge in [-0.3, -0.25) is 14.4 Å². The van der Waals surface area contributed by atoms with Crippen molar-refractivity contribution in [3.8, 4) is 0 Å². The molecule has 90 valence electrons. The molecule has 16 heavy (non-hydrogen) atoms. The van der Waals surface area contributed by atoms with Crippen LogP contribution < -0.4 is 0 Å². The number of ether oxygens (including phenoxy) is 1. The van der Waals surface area contributed by atoms with E-state index in [1.54, 1.807) is 13.8 Å². The van der Waals surface area contributed by atoms with Gasteiger partial charge in [0.05, 0.1) is 7.11 Å². The third-order valence-corrected chi connectivity index (χ3v) is 3.09. The number of esters is 1. The minimum absolute atomic E-state index is 0.119. The summed E-state index contributed by atoms with van der Waals surface area (Å²) in [6.45, 7) is 3.52. The normalized spacial score (nSPS) is 22.2. The van der Waals surface area contributed by atoms with Crippen LogP contribution in [0.5, 0.6) is 0 Å². The summed E-state index contributed by atoms with van der Waals surface area (Å²) in [5.41, 5.74) is 0. The Kier molecular flexibility index (Phi) is 4.21. The Bertz CT molecular complexity index is 306. The van der Waals surface area contributed by atoms with E-state index in [9.17, 15) is 14.4 Å². The lowest BCUT2D eigenvalue weighted by Crippen LogP contribution is -2.34. The molecule has 1 saturated carbocycles. The molecular formula is C12H18O4. The molecule has 0 aromatic heterocycles. The number of ketones is 2. The quantitative estimate of drug-likeness (QED) is 0.536. The summed E-state index contributed by atoms with van der Waals surface area (Å²) < 4.78 is 4.66. The largest absolute Gasteiger partial charge is 0.468 e. The SMILES string of the molecule is COC(=O)C(C(=O)C(C)C)[C@@H]1CCC(=O)C1. The number of hydrogen-bond acceptors (Lipinski definition) is 4. The van der Waals surface area contributed by atoms with Gasteiger partial charge in [0.25, 0.3) is 0 Å². The number of hydrogen-bond donors (Lipinski definition) is 0. The highest BCUT2D eigenvalue weighted by atomic mass is 16.5. The van der Waals surface area contributed by atoms with Gasteiger partial charge in [0.15, 0.2) is 0 Å². The standard InChI is InChI=1S/C12H18O4/c1-7(2)11(14)10(12(15)16-3)8-4-5-9(13)6-8/h7-8,10H,4-6H2,1-3H3/t8-,10?/m1/s1. The van der Waals surface area contributed by atoms with E-state index in [2.05, 4.69) is 4.74 Å². The Morgan fingerprint density at radius 2 is 2.00 bits per heavy atom. The molecule has 0 aromatic rings. The van der Waals surface area contributed by atoms with Gasteiger partial charge in [-0.15, -0.1) is 0 Å². The first kappa shape index (κ1) is 12.9. The van der Waals surface area contributed by atoms with Crippen LogP contribution in [-0.2, 0) is 19.1 Å². The van der Waals surface area contributed by atoms with Gasteiger partial charge in [-0.1, -0.05) is 13.8 Å². The maximum absolute atomic E-state index is 11.9. The number of rotatable bonds is 4. The fourth-order valence-electron chi connectivity index (χ4n) is 2.15. The van der Waals surface area contributed by atoms with Crippen molar-refractivity contribution >= 4 is 17.5 Å². The number of methoxy groups -OCH3 is 1. The highest BCUT2D eigenvalue weighted by Crippen LogP contribution is 2.32.